The number of nitrogens with two attached hydrogens (primary N) is 1. The summed E-state index contributed by atoms with van der Waals surface area (Å²) in [6, 6.07) is 12.3. The lowest BCUT2D eigenvalue weighted by atomic mass is 10.2. The summed E-state index contributed by atoms with van der Waals surface area (Å²) in [5.41, 5.74) is 6.56. The average molecular weight is 498 g/mol. The van der Waals surface area contributed by atoms with Crippen molar-refractivity contribution in [3.05, 3.63) is 76.5 Å². The van der Waals surface area contributed by atoms with E-state index in [1.807, 2.05) is 11.4 Å². The summed E-state index contributed by atoms with van der Waals surface area (Å²) < 4.78 is 19.6. The van der Waals surface area contributed by atoms with Crippen molar-refractivity contribution in [2.75, 3.05) is 6.54 Å². The van der Waals surface area contributed by atoms with E-state index in [1.165, 1.54) is 17.1 Å². The van der Waals surface area contributed by atoms with Crippen molar-refractivity contribution in [1.29, 1.82) is 0 Å². The molecule has 2 heterocycles. The highest BCUT2D eigenvalue weighted by Crippen LogP contribution is 2.24. The van der Waals surface area contributed by atoms with E-state index in [9.17, 15) is 4.39 Å². The van der Waals surface area contributed by atoms with Gasteiger partial charge in [0, 0.05) is 17.6 Å². The predicted molar refractivity (Wildman–Crippen MR) is 117 cm³/mol. The third kappa shape index (κ3) is 6.79. The molecule has 8 heteroatoms. The molecule has 27 heavy (non-hydrogen) atoms. The average Bonchev–Trinajstić information content (AvgIpc) is 3.16. The van der Waals surface area contributed by atoms with E-state index in [-0.39, 0.29) is 29.7 Å². The molecule has 5 nitrogen and oxygen atoms in total. The van der Waals surface area contributed by atoms with Crippen molar-refractivity contribution in [2.24, 2.45) is 10.7 Å². The van der Waals surface area contributed by atoms with Crippen LogP contribution in [0.3, 0.4) is 0 Å². The van der Waals surface area contributed by atoms with Gasteiger partial charge in [-0.15, -0.1) is 35.3 Å². The molecule has 0 fully saturated rings. The molecule has 0 amide bonds. The Morgan fingerprint density at radius 3 is 2.85 bits per heavy atom. The van der Waals surface area contributed by atoms with E-state index in [4.69, 9.17) is 10.5 Å². The largest absolute Gasteiger partial charge is 0.453 e. The van der Waals surface area contributed by atoms with Gasteiger partial charge < -0.3 is 15.8 Å². The van der Waals surface area contributed by atoms with Gasteiger partial charge in [0.25, 0.3) is 0 Å². The number of guanidine groups is 1. The van der Waals surface area contributed by atoms with E-state index in [2.05, 4.69) is 21.4 Å². The summed E-state index contributed by atoms with van der Waals surface area (Å²) in [6.45, 7) is 1.00. The third-order valence-electron chi connectivity index (χ3n) is 3.55. The van der Waals surface area contributed by atoms with Gasteiger partial charge in [-0.05, 0) is 47.7 Å². The topological polar surface area (TPSA) is 72.5 Å². The number of benzene rings is 1. The van der Waals surface area contributed by atoms with Crippen LogP contribution in [-0.2, 0) is 13.0 Å². The van der Waals surface area contributed by atoms with Crippen LogP contribution in [0.2, 0.25) is 0 Å². The van der Waals surface area contributed by atoms with Crippen LogP contribution in [0.15, 0.2) is 65.2 Å². The van der Waals surface area contributed by atoms with Gasteiger partial charge in [-0.1, -0.05) is 12.1 Å². The zero-order chi connectivity index (χ0) is 18.2. The van der Waals surface area contributed by atoms with E-state index < -0.39 is 5.82 Å². The molecular formula is C19H20FIN4OS. The number of rotatable bonds is 7. The summed E-state index contributed by atoms with van der Waals surface area (Å²) in [5.74, 6) is 0.521. The first-order valence-electron chi connectivity index (χ1n) is 8.13. The van der Waals surface area contributed by atoms with Gasteiger partial charge in [0.05, 0.1) is 12.7 Å². The molecule has 0 saturated heterocycles. The molecule has 0 radical (unpaired) electrons. The summed E-state index contributed by atoms with van der Waals surface area (Å²) in [6.07, 6.45) is 4.05. The Kier molecular flexibility index (Phi) is 8.46. The second-order valence-corrected chi connectivity index (χ2v) is 6.55. The standard InChI is InChI=1S/C19H19FN4OS.HI/c20-17-11-14(5-6-18(17)25-15-3-1-8-22-13-15)12-24-19(21)23-9-7-16-4-2-10-26-16;/h1-6,8,10-11,13H,7,9,12H2,(H3,21,23,24);1H. The fraction of sp³-hybridized carbons (Fsp3) is 0.158. The second kappa shape index (κ2) is 10.8. The van der Waals surface area contributed by atoms with Crippen LogP contribution in [0, 0.1) is 5.82 Å². The van der Waals surface area contributed by atoms with Crippen LogP contribution >= 0.6 is 35.3 Å². The normalized spacial score (nSPS) is 10.9. The minimum Gasteiger partial charge on any atom is -0.453 e. The Balaban J connectivity index is 0.00000261. The lowest BCUT2D eigenvalue weighted by molar-refractivity contribution is 0.440. The summed E-state index contributed by atoms with van der Waals surface area (Å²) in [7, 11) is 0. The number of hydrogen-bond acceptors (Lipinski definition) is 4. The maximum absolute atomic E-state index is 14.2. The molecule has 3 N–H and O–H groups in total. The molecule has 0 spiro atoms. The lowest BCUT2D eigenvalue weighted by Gasteiger charge is -2.08. The third-order valence-corrected chi connectivity index (χ3v) is 4.48. The number of nitrogens with zero attached hydrogens (tertiary/aromatic N) is 2. The fourth-order valence-corrected chi connectivity index (χ4v) is 2.97. The van der Waals surface area contributed by atoms with Crippen LogP contribution in [-0.4, -0.2) is 17.5 Å². The summed E-state index contributed by atoms with van der Waals surface area (Å²) in [5, 5.41) is 5.10. The Morgan fingerprint density at radius 1 is 1.26 bits per heavy atom. The Hall–Kier alpha value is -2.20. The van der Waals surface area contributed by atoms with E-state index in [1.54, 1.807) is 41.8 Å². The van der Waals surface area contributed by atoms with Crippen LogP contribution in [0.1, 0.15) is 10.4 Å². The van der Waals surface area contributed by atoms with Crippen LogP contribution in [0.4, 0.5) is 4.39 Å². The lowest BCUT2D eigenvalue weighted by Crippen LogP contribution is -2.33. The number of nitrogens with one attached hydrogen (secondary N) is 1. The minimum atomic E-state index is -0.453. The van der Waals surface area contributed by atoms with Crippen molar-refractivity contribution >= 4 is 41.3 Å². The first-order chi connectivity index (χ1) is 12.7. The molecule has 2 aromatic heterocycles. The molecule has 0 aliphatic heterocycles. The SMILES string of the molecule is I.NC(=NCc1ccc(Oc2cccnc2)c(F)c1)NCCc1cccs1. The summed E-state index contributed by atoms with van der Waals surface area (Å²) >= 11 is 1.71. The molecule has 0 unspecified atom stereocenters. The van der Waals surface area contributed by atoms with Crippen molar-refractivity contribution < 1.29 is 9.13 Å². The number of pyridine rings is 1. The molecule has 0 aliphatic rings. The first kappa shape index (κ1) is 21.1. The molecule has 0 bridgehead atoms. The van der Waals surface area contributed by atoms with Gasteiger partial charge >= 0.3 is 0 Å². The number of thiophene rings is 1. The maximum Gasteiger partial charge on any atom is 0.188 e. The fourth-order valence-electron chi connectivity index (χ4n) is 2.26. The molecule has 0 aliphatic carbocycles. The van der Waals surface area contributed by atoms with Crippen molar-refractivity contribution in [3.8, 4) is 11.5 Å². The van der Waals surface area contributed by atoms with Crippen molar-refractivity contribution in [2.45, 2.75) is 13.0 Å². The maximum atomic E-state index is 14.2. The van der Waals surface area contributed by atoms with E-state index in [0.29, 0.717) is 30.4 Å². The van der Waals surface area contributed by atoms with Gasteiger partial charge in [-0.2, -0.15) is 0 Å². The van der Waals surface area contributed by atoms with E-state index >= 15 is 0 Å². The highest BCUT2D eigenvalue weighted by molar-refractivity contribution is 14.0. The number of hydrogen-bond donors (Lipinski definition) is 2. The predicted octanol–water partition coefficient (Wildman–Crippen LogP) is 4.34. The minimum absolute atomic E-state index is 0. The first-order valence-corrected chi connectivity index (χ1v) is 9.01. The Bertz CT molecular complexity index is 859. The Morgan fingerprint density at radius 2 is 2.15 bits per heavy atom. The highest BCUT2D eigenvalue weighted by Gasteiger charge is 2.06. The zero-order valence-electron chi connectivity index (χ0n) is 14.5. The van der Waals surface area contributed by atoms with Crippen LogP contribution < -0.4 is 15.8 Å². The Labute approximate surface area is 178 Å². The van der Waals surface area contributed by atoms with Crippen LogP contribution in [0.5, 0.6) is 11.5 Å². The van der Waals surface area contributed by atoms with E-state index in [0.717, 1.165) is 6.42 Å². The molecule has 3 aromatic rings. The molecule has 142 valence electrons. The number of ether oxygens (including phenoxy) is 1. The van der Waals surface area contributed by atoms with Gasteiger partial charge in [-0.3, -0.25) is 4.98 Å². The molecular weight excluding hydrogens is 478 g/mol. The van der Waals surface area contributed by atoms with Gasteiger partial charge in [0.2, 0.25) is 0 Å². The number of halogens is 2. The quantitative estimate of drug-likeness (QED) is 0.289. The summed E-state index contributed by atoms with van der Waals surface area (Å²) in [4.78, 5) is 9.46. The van der Waals surface area contributed by atoms with Gasteiger partial charge in [0.15, 0.2) is 17.5 Å². The molecule has 1 aromatic carbocycles. The molecule has 0 saturated carbocycles. The number of aromatic nitrogens is 1. The van der Waals surface area contributed by atoms with Crippen LogP contribution in [0.25, 0.3) is 0 Å². The molecule has 3 rings (SSSR count). The van der Waals surface area contributed by atoms with Crippen molar-refractivity contribution in [1.82, 2.24) is 10.3 Å². The highest BCUT2D eigenvalue weighted by atomic mass is 127. The zero-order valence-corrected chi connectivity index (χ0v) is 17.6. The monoisotopic (exact) mass is 498 g/mol. The van der Waals surface area contributed by atoms with Crippen molar-refractivity contribution in [3.63, 3.8) is 0 Å². The second-order valence-electron chi connectivity index (χ2n) is 5.51. The molecule has 0 atom stereocenters. The van der Waals surface area contributed by atoms with Gasteiger partial charge in [-0.25, -0.2) is 9.38 Å². The smallest absolute Gasteiger partial charge is 0.188 e. The van der Waals surface area contributed by atoms with Gasteiger partial charge in [0.1, 0.15) is 5.75 Å². The number of aliphatic imine (C=N–C) groups is 1.